The Morgan fingerprint density at radius 3 is 2.33 bits per heavy atom. The van der Waals surface area contributed by atoms with E-state index in [1.54, 1.807) is 17.7 Å². The Morgan fingerprint density at radius 2 is 1.69 bits per heavy atom. The summed E-state index contributed by atoms with van der Waals surface area (Å²) in [5.74, 6) is 1.43. The number of pyridine rings is 2. The quantitative estimate of drug-likeness (QED) is 0.269. The maximum absolute atomic E-state index is 13.5. The van der Waals surface area contributed by atoms with Gasteiger partial charge < -0.3 is 15.3 Å². The van der Waals surface area contributed by atoms with E-state index in [-0.39, 0.29) is 29.6 Å². The molecule has 2 N–H and O–H groups in total. The number of nitrogens with one attached hydrogen (secondary N) is 1. The highest BCUT2D eigenvalue weighted by molar-refractivity contribution is 5.99. The van der Waals surface area contributed by atoms with Crippen molar-refractivity contribution in [1.82, 2.24) is 19.5 Å². The summed E-state index contributed by atoms with van der Waals surface area (Å²) in [5, 5.41) is 13.2. The van der Waals surface area contributed by atoms with Gasteiger partial charge in [0, 0.05) is 30.7 Å². The molecule has 4 aromatic rings. The first-order valence-electron chi connectivity index (χ1n) is 15.0. The van der Waals surface area contributed by atoms with Gasteiger partial charge in [0.2, 0.25) is 5.95 Å². The van der Waals surface area contributed by atoms with E-state index in [2.05, 4.69) is 38.4 Å². The normalized spacial score (nSPS) is 16.3. The molecule has 3 aromatic heterocycles. The number of aliphatic hydroxyl groups excluding tert-OH is 1. The molecule has 2 fully saturated rings. The van der Waals surface area contributed by atoms with Crippen molar-refractivity contribution in [2.45, 2.75) is 71.4 Å². The number of hydrogen-bond donors (Lipinski definition) is 2. The van der Waals surface area contributed by atoms with Gasteiger partial charge in [-0.15, -0.1) is 0 Å². The second kappa shape index (κ2) is 12.0. The number of carbonyl (C=O) groups excluding carboxylic acids is 1. The number of aromatic nitrogens is 4. The van der Waals surface area contributed by atoms with Crippen LogP contribution in [0.25, 0.3) is 11.0 Å². The molecule has 9 heteroatoms. The average Bonchev–Trinajstić information content (AvgIpc) is 3.53. The van der Waals surface area contributed by atoms with E-state index in [1.165, 1.54) is 12.5 Å². The van der Waals surface area contributed by atoms with E-state index in [0.29, 0.717) is 28.9 Å². The fraction of sp³-hybridized carbons (Fsp3) is 0.424. The summed E-state index contributed by atoms with van der Waals surface area (Å²) in [6.07, 6.45) is 10.8. The summed E-state index contributed by atoms with van der Waals surface area (Å²) in [4.78, 5) is 42.1. The Balaban J connectivity index is 1.15. The lowest BCUT2D eigenvalue weighted by atomic mass is 9.90. The molecule has 0 spiro atoms. The van der Waals surface area contributed by atoms with E-state index in [4.69, 9.17) is 4.98 Å². The summed E-state index contributed by atoms with van der Waals surface area (Å²) in [6, 6.07) is 12.3. The van der Waals surface area contributed by atoms with Crippen LogP contribution in [0, 0.1) is 12.8 Å². The van der Waals surface area contributed by atoms with Gasteiger partial charge in [-0.3, -0.25) is 14.2 Å². The van der Waals surface area contributed by atoms with Crippen molar-refractivity contribution in [3.05, 3.63) is 81.4 Å². The lowest BCUT2D eigenvalue weighted by Gasteiger charge is -2.33. The standard InChI is InChI=1S/C33H38N6O3/c1-21-28-19-35-33(37-31(28)39(26-5-3-4-6-26)32(42)30(21)22(2)41)36-29-12-11-27(18-34-29)38-15-13-24(14-16-38)17-23-7-9-25(20-40)10-8-23/h7-12,18-19,24,26,40H,3-6,13-17,20H2,1-2H3,(H,34,35,36,37). The zero-order valence-corrected chi connectivity index (χ0v) is 24.3. The summed E-state index contributed by atoms with van der Waals surface area (Å²) in [6.45, 7) is 5.31. The van der Waals surface area contributed by atoms with Crippen LogP contribution in [-0.4, -0.2) is 43.5 Å². The first-order valence-corrected chi connectivity index (χ1v) is 15.0. The summed E-state index contributed by atoms with van der Waals surface area (Å²) in [5.41, 5.74) is 4.55. The molecule has 42 heavy (non-hydrogen) atoms. The van der Waals surface area contributed by atoms with Crippen molar-refractivity contribution in [2.24, 2.45) is 5.92 Å². The first kappa shape index (κ1) is 28.0. The molecular weight excluding hydrogens is 528 g/mol. The van der Waals surface area contributed by atoms with Gasteiger partial charge in [-0.1, -0.05) is 37.1 Å². The number of aryl methyl sites for hydroxylation is 1. The first-order chi connectivity index (χ1) is 20.4. The molecule has 1 aliphatic heterocycles. The van der Waals surface area contributed by atoms with Crippen molar-refractivity contribution in [3.63, 3.8) is 0 Å². The van der Waals surface area contributed by atoms with Gasteiger partial charge in [-0.25, -0.2) is 9.97 Å². The molecule has 1 aromatic carbocycles. The molecule has 4 heterocycles. The molecule has 9 nitrogen and oxygen atoms in total. The van der Waals surface area contributed by atoms with Crippen molar-refractivity contribution < 1.29 is 9.90 Å². The van der Waals surface area contributed by atoms with Gasteiger partial charge in [0.25, 0.3) is 5.56 Å². The van der Waals surface area contributed by atoms with Crippen LogP contribution in [0.3, 0.4) is 0 Å². The van der Waals surface area contributed by atoms with Crippen LogP contribution < -0.4 is 15.8 Å². The second-order valence-corrected chi connectivity index (χ2v) is 11.7. The molecule has 2 aliphatic rings. The van der Waals surface area contributed by atoms with Gasteiger partial charge in [0.1, 0.15) is 11.5 Å². The Morgan fingerprint density at radius 1 is 0.976 bits per heavy atom. The van der Waals surface area contributed by atoms with Crippen LogP contribution in [0.5, 0.6) is 0 Å². The highest BCUT2D eigenvalue weighted by atomic mass is 16.3. The molecule has 1 saturated heterocycles. The Bertz CT molecular complexity index is 1630. The molecule has 6 rings (SSSR count). The number of carbonyl (C=O) groups is 1. The zero-order valence-electron chi connectivity index (χ0n) is 24.3. The van der Waals surface area contributed by atoms with Gasteiger partial charge >= 0.3 is 0 Å². The van der Waals surface area contributed by atoms with E-state index < -0.39 is 0 Å². The topological polar surface area (TPSA) is 113 Å². The number of benzene rings is 1. The molecular formula is C33H38N6O3. The third-order valence-corrected chi connectivity index (χ3v) is 8.95. The van der Waals surface area contributed by atoms with E-state index >= 15 is 0 Å². The Labute approximate surface area is 245 Å². The van der Waals surface area contributed by atoms with Crippen molar-refractivity contribution in [1.29, 1.82) is 0 Å². The number of nitrogens with zero attached hydrogens (tertiary/aromatic N) is 5. The van der Waals surface area contributed by atoms with Crippen LogP contribution in [0.4, 0.5) is 17.5 Å². The lowest BCUT2D eigenvalue weighted by Crippen LogP contribution is -2.34. The summed E-state index contributed by atoms with van der Waals surface area (Å²) in [7, 11) is 0. The number of Topliss-reactive ketones (excluding diaryl/α,β-unsaturated/α-hetero) is 1. The maximum Gasteiger partial charge on any atom is 0.263 e. The van der Waals surface area contributed by atoms with Crippen molar-refractivity contribution >= 4 is 34.3 Å². The van der Waals surface area contributed by atoms with Crippen LogP contribution in [0.1, 0.15) is 78.5 Å². The smallest absolute Gasteiger partial charge is 0.263 e. The molecule has 0 bridgehead atoms. The molecule has 0 unspecified atom stereocenters. The van der Waals surface area contributed by atoms with Gasteiger partial charge in [-0.2, -0.15) is 4.98 Å². The van der Waals surface area contributed by atoms with Gasteiger partial charge in [-0.05, 0) is 80.7 Å². The number of hydrogen-bond acceptors (Lipinski definition) is 8. The van der Waals surface area contributed by atoms with E-state index in [9.17, 15) is 14.7 Å². The molecule has 1 aliphatic carbocycles. The highest BCUT2D eigenvalue weighted by Crippen LogP contribution is 2.32. The van der Waals surface area contributed by atoms with Gasteiger partial charge in [0.15, 0.2) is 5.78 Å². The number of fused-ring (bicyclic) bond motifs is 1. The van der Waals surface area contributed by atoms with Crippen LogP contribution in [-0.2, 0) is 13.0 Å². The predicted octanol–water partition coefficient (Wildman–Crippen LogP) is 5.51. The average molecular weight is 567 g/mol. The molecule has 1 saturated carbocycles. The third kappa shape index (κ3) is 5.66. The number of ketones is 1. The lowest BCUT2D eigenvalue weighted by molar-refractivity contribution is 0.101. The monoisotopic (exact) mass is 566 g/mol. The second-order valence-electron chi connectivity index (χ2n) is 11.7. The number of rotatable bonds is 8. The molecule has 0 radical (unpaired) electrons. The number of anilines is 3. The number of piperidine rings is 1. The third-order valence-electron chi connectivity index (χ3n) is 8.95. The SMILES string of the molecule is CC(=O)c1c(C)c2cnc(Nc3ccc(N4CCC(Cc5ccc(CO)cc5)CC4)cn3)nc2n(C2CCCC2)c1=O. The fourth-order valence-electron chi connectivity index (χ4n) is 6.58. The Kier molecular flexibility index (Phi) is 8.02. The Hall–Kier alpha value is -4.11. The molecule has 0 amide bonds. The maximum atomic E-state index is 13.5. The predicted molar refractivity (Wildman–Crippen MR) is 165 cm³/mol. The molecule has 218 valence electrons. The summed E-state index contributed by atoms with van der Waals surface area (Å²) >= 11 is 0. The van der Waals surface area contributed by atoms with Crippen LogP contribution in [0.2, 0.25) is 0 Å². The number of aliphatic hydroxyl groups is 1. The highest BCUT2D eigenvalue weighted by Gasteiger charge is 2.26. The van der Waals surface area contributed by atoms with Crippen molar-refractivity contribution in [2.75, 3.05) is 23.3 Å². The van der Waals surface area contributed by atoms with Crippen molar-refractivity contribution in [3.8, 4) is 0 Å². The zero-order chi connectivity index (χ0) is 29.2. The summed E-state index contributed by atoms with van der Waals surface area (Å²) < 4.78 is 1.73. The largest absolute Gasteiger partial charge is 0.392 e. The molecule has 0 atom stereocenters. The minimum absolute atomic E-state index is 0.0369. The van der Waals surface area contributed by atoms with E-state index in [1.807, 2.05) is 24.4 Å². The minimum atomic E-state index is -0.255. The van der Waals surface area contributed by atoms with Gasteiger partial charge in [0.05, 0.1) is 24.1 Å². The minimum Gasteiger partial charge on any atom is -0.392 e. The van der Waals surface area contributed by atoms with Crippen LogP contribution >= 0.6 is 0 Å². The van der Waals surface area contributed by atoms with E-state index in [0.717, 1.165) is 74.7 Å². The fourth-order valence-corrected chi connectivity index (χ4v) is 6.58. The van der Waals surface area contributed by atoms with Crippen LogP contribution in [0.15, 0.2) is 53.6 Å².